The number of aliphatic hydroxyl groups excluding tert-OH is 1. The molecule has 1 N–H and O–H groups in total. The van der Waals surface area contributed by atoms with Gasteiger partial charge in [0.05, 0.1) is 0 Å². The molecule has 1 heterocycles. The third-order valence-electron chi connectivity index (χ3n) is 4.90. The summed E-state index contributed by atoms with van der Waals surface area (Å²) >= 11 is 0. The van der Waals surface area contributed by atoms with Crippen molar-refractivity contribution in [3.05, 3.63) is 35.6 Å². The monoisotopic (exact) mass is 272 g/mol. The van der Waals surface area contributed by atoms with Crippen LogP contribution in [-0.2, 0) is 0 Å². The Bertz CT molecular complexity index is 576. The van der Waals surface area contributed by atoms with Crippen LogP contribution in [0.4, 0.5) is 0 Å². The van der Waals surface area contributed by atoms with Crippen LogP contribution in [0.2, 0.25) is 0 Å². The normalized spacial score (nSPS) is 24.9. The molecule has 0 aliphatic heterocycles. The fraction of sp³-hybridized carbons (Fsp3) is 0.556. The molecule has 0 spiro atoms. The maximum absolute atomic E-state index is 10.6. The van der Waals surface area contributed by atoms with Crippen molar-refractivity contribution in [3.63, 3.8) is 0 Å². The number of rotatable bonds is 3. The summed E-state index contributed by atoms with van der Waals surface area (Å²) in [6, 6.07) is 8.17. The van der Waals surface area contributed by atoms with E-state index in [0.717, 1.165) is 35.5 Å². The molecule has 0 saturated heterocycles. The summed E-state index contributed by atoms with van der Waals surface area (Å²) in [4.78, 5) is 0. The van der Waals surface area contributed by atoms with Crippen LogP contribution in [-0.4, -0.2) is 5.11 Å². The average Bonchev–Trinajstić information content (AvgIpc) is 2.89. The van der Waals surface area contributed by atoms with Crippen molar-refractivity contribution in [3.8, 4) is 0 Å². The van der Waals surface area contributed by atoms with Gasteiger partial charge in [0, 0.05) is 5.39 Å². The fourth-order valence-electron chi connectivity index (χ4n) is 3.47. The molecule has 1 aliphatic carbocycles. The van der Waals surface area contributed by atoms with Crippen molar-refractivity contribution in [1.29, 1.82) is 0 Å². The topological polar surface area (TPSA) is 33.4 Å². The van der Waals surface area contributed by atoms with Gasteiger partial charge >= 0.3 is 0 Å². The summed E-state index contributed by atoms with van der Waals surface area (Å²) in [6.45, 7) is 4.34. The molecule has 108 valence electrons. The molecule has 3 rings (SSSR count). The van der Waals surface area contributed by atoms with E-state index in [1.807, 2.05) is 12.1 Å². The number of hydrogen-bond acceptors (Lipinski definition) is 2. The van der Waals surface area contributed by atoms with Gasteiger partial charge in [0.1, 0.15) is 17.4 Å². The van der Waals surface area contributed by atoms with Crippen LogP contribution in [0.25, 0.3) is 11.0 Å². The van der Waals surface area contributed by atoms with Gasteiger partial charge in [0.2, 0.25) is 0 Å². The van der Waals surface area contributed by atoms with Crippen LogP contribution in [0.5, 0.6) is 0 Å². The van der Waals surface area contributed by atoms with Gasteiger partial charge in [0.25, 0.3) is 0 Å². The predicted octanol–water partition coefficient (Wildman–Crippen LogP) is 4.99. The quantitative estimate of drug-likeness (QED) is 0.853. The largest absolute Gasteiger partial charge is 0.458 e. The highest BCUT2D eigenvalue weighted by atomic mass is 16.4. The van der Waals surface area contributed by atoms with Crippen molar-refractivity contribution in [2.75, 3.05) is 0 Å². The second-order valence-corrected chi connectivity index (χ2v) is 6.32. The number of fused-ring (bicyclic) bond motifs is 1. The lowest BCUT2D eigenvalue weighted by Gasteiger charge is -2.30. The van der Waals surface area contributed by atoms with Crippen molar-refractivity contribution in [2.24, 2.45) is 11.8 Å². The lowest BCUT2D eigenvalue weighted by molar-refractivity contribution is 0.0566. The minimum atomic E-state index is -0.444. The molecule has 1 aromatic heterocycles. The van der Waals surface area contributed by atoms with Gasteiger partial charge in [-0.05, 0) is 49.8 Å². The zero-order valence-corrected chi connectivity index (χ0v) is 12.4. The SMILES string of the molecule is CCC1CCC(C(O)c2cc3cc(C)ccc3o2)CC1. The summed E-state index contributed by atoms with van der Waals surface area (Å²) in [5.41, 5.74) is 2.11. The number of aryl methyl sites for hydroxylation is 1. The third-order valence-corrected chi connectivity index (χ3v) is 4.90. The molecule has 0 bridgehead atoms. The van der Waals surface area contributed by atoms with Crippen LogP contribution >= 0.6 is 0 Å². The highest BCUT2D eigenvalue weighted by molar-refractivity contribution is 5.78. The number of furan rings is 1. The molecule has 1 aliphatic rings. The molecule has 0 radical (unpaired) electrons. The van der Waals surface area contributed by atoms with Crippen molar-refractivity contribution in [2.45, 2.75) is 52.1 Å². The molecular weight excluding hydrogens is 248 g/mol. The molecule has 2 nitrogen and oxygen atoms in total. The summed E-state index contributed by atoms with van der Waals surface area (Å²) < 4.78 is 5.84. The molecule has 2 aromatic rings. The Morgan fingerprint density at radius 2 is 1.95 bits per heavy atom. The Balaban J connectivity index is 1.77. The zero-order chi connectivity index (χ0) is 14.1. The van der Waals surface area contributed by atoms with E-state index in [1.54, 1.807) is 0 Å². The Morgan fingerprint density at radius 3 is 2.65 bits per heavy atom. The zero-order valence-electron chi connectivity index (χ0n) is 12.4. The average molecular weight is 272 g/mol. The van der Waals surface area contributed by atoms with E-state index in [1.165, 1.54) is 24.8 Å². The van der Waals surface area contributed by atoms with E-state index in [4.69, 9.17) is 4.42 Å². The molecule has 1 atom stereocenters. The Hall–Kier alpha value is -1.28. The van der Waals surface area contributed by atoms with Crippen molar-refractivity contribution < 1.29 is 9.52 Å². The first-order valence-electron chi connectivity index (χ1n) is 7.85. The molecule has 1 unspecified atom stereocenters. The van der Waals surface area contributed by atoms with Crippen LogP contribution in [0.1, 0.15) is 56.5 Å². The van der Waals surface area contributed by atoms with Crippen molar-refractivity contribution >= 4 is 11.0 Å². The molecule has 1 aromatic carbocycles. The second kappa shape index (κ2) is 5.61. The van der Waals surface area contributed by atoms with Gasteiger partial charge in [-0.2, -0.15) is 0 Å². The predicted molar refractivity (Wildman–Crippen MR) is 81.6 cm³/mol. The first-order valence-corrected chi connectivity index (χ1v) is 7.85. The summed E-state index contributed by atoms with van der Waals surface area (Å²) in [6.07, 6.45) is 5.56. The van der Waals surface area contributed by atoms with E-state index in [-0.39, 0.29) is 0 Å². The van der Waals surface area contributed by atoms with E-state index in [9.17, 15) is 5.11 Å². The maximum Gasteiger partial charge on any atom is 0.134 e. The summed E-state index contributed by atoms with van der Waals surface area (Å²) in [7, 11) is 0. The van der Waals surface area contributed by atoms with E-state index < -0.39 is 6.10 Å². The number of aliphatic hydroxyl groups is 1. The standard InChI is InChI=1S/C18H24O2/c1-3-13-5-7-14(8-6-13)18(19)17-11-15-10-12(2)4-9-16(15)20-17/h4,9-11,13-14,18-19H,3,5-8H2,1-2H3. The minimum absolute atomic E-state index is 0.361. The molecular formula is C18H24O2. The second-order valence-electron chi connectivity index (χ2n) is 6.32. The first kappa shape index (κ1) is 13.7. The maximum atomic E-state index is 10.6. The van der Waals surface area contributed by atoms with Gasteiger partial charge in [-0.1, -0.05) is 37.8 Å². The van der Waals surface area contributed by atoms with Crippen LogP contribution < -0.4 is 0 Å². The highest BCUT2D eigenvalue weighted by Crippen LogP contribution is 2.39. The van der Waals surface area contributed by atoms with Gasteiger partial charge in [-0.15, -0.1) is 0 Å². The van der Waals surface area contributed by atoms with Gasteiger partial charge in [0.15, 0.2) is 0 Å². The van der Waals surface area contributed by atoms with E-state index >= 15 is 0 Å². The Morgan fingerprint density at radius 1 is 1.20 bits per heavy atom. The summed E-state index contributed by atoms with van der Waals surface area (Å²) in [5.74, 6) is 1.96. The molecule has 20 heavy (non-hydrogen) atoms. The van der Waals surface area contributed by atoms with Gasteiger partial charge in [-0.25, -0.2) is 0 Å². The molecule has 0 amide bonds. The lowest BCUT2D eigenvalue weighted by atomic mass is 9.78. The molecule has 1 fully saturated rings. The van der Waals surface area contributed by atoms with Crippen molar-refractivity contribution in [1.82, 2.24) is 0 Å². The third kappa shape index (κ3) is 2.62. The van der Waals surface area contributed by atoms with Crippen LogP contribution in [0.15, 0.2) is 28.7 Å². The van der Waals surface area contributed by atoms with E-state index in [2.05, 4.69) is 26.0 Å². The smallest absolute Gasteiger partial charge is 0.134 e. The number of hydrogen-bond donors (Lipinski definition) is 1. The highest BCUT2D eigenvalue weighted by Gasteiger charge is 2.28. The fourth-order valence-corrected chi connectivity index (χ4v) is 3.47. The van der Waals surface area contributed by atoms with Gasteiger partial charge < -0.3 is 9.52 Å². The van der Waals surface area contributed by atoms with Crippen LogP contribution in [0.3, 0.4) is 0 Å². The minimum Gasteiger partial charge on any atom is -0.458 e. The van der Waals surface area contributed by atoms with Gasteiger partial charge in [-0.3, -0.25) is 0 Å². The van der Waals surface area contributed by atoms with Crippen LogP contribution in [0, 0.1) is 18.8 Å². The Kier molecular flexibility index (Phi) is 3.84. The number of benzene rings is 1. The first-order chi connectivity index (χ1) is 9.67. The van der Waals surface area contributed by atoms with E-state index in [0.29, 0.717) is 5.92 Å². The molecule has 2 heteroatoms. The lowest BCUT2D eigenvalue weighted by Crippen LogP contribution is -2.19. The molecule has 1 saturated carbocycles. The Labute approximate surface area is 120 Å². The summed E-state index contributed by atoms with van der Waals surface area (Å²) in [5, 5.41) is 11.7.